The maximum atomic E-state index is 12.1. The van der Waals surface area contributed by atoms with Crippen LogP contribution in [0.15, 0.2) is 46.3 Å². The molecule has 100 valence electrons. The Kier molecular flexibility index (Phi) is 3.84. The topological polar surface area (TPSA) is 79.0 Å². The van der Waals surface area contributed by atoms with Crippen molar-refractivity contribution in [3.63, 3.8) is 0 Å². The highest BCUT2D eigenvalue weighted by Gasteiger charge is 2.19. The van der Waals surface area contributed by atoms with Crippen molar-refractivity contribution in [1.82, 2.24) is 4.98 Å². The van der Waals surface area contributed by atoms with E-state index in [1.807, 2.05) is 0 Å². The van der Waals surface area contributed by atoms with E-state index in [2.05, 4.69) is 9.71 Å². The average Bonchev–Trinajstić information content (AvgIpc) is 2.34. The zero-order chi connectivity index (χ0) is 14.0. The number of halogens is 2. The van der Waals surface area contributed by atoms with E-state index in [1.54, 1.807) is 0 Å². The molecule has 0 unspecified atom stereocenters. The zero-order valence-electron chi connectivity index (χ0n) is 9.35. The summed E-state index contributed by atoms with van der Waals surface area (Å²) in [5.41, 5.74) is -0.512. The first kappa shape index (κ1) is 13.9. The van der Waals surface area contributed by atoms with Gasteiger partial charge in [-0.3, -0.25) is 9.52 Å². The van der Waals surface area contributed by atoms with Crippen LogP contribution in [0.4, 0.5) is 5.69 Å². The van der Waals surface area contributed by atoms with Crippen LogP contribution in [0.1, 0.15) is 0 Å². The van der Waals surface area contributed by atoms with Gasteiger partial charge in [0.2, 0.25) is 5.43 Å². The largest absolute Gasteiger partial charge is 0.366 e. The van der Waals surface area contributed by atoms with Crippen LogP contribution in [0.5, 0.6) is 0 Å². The lowest BCUT2D eigenvalue weighted by Crippen LogP contribution is -2.21. The summed E-state index contributed by atoms with van der Waals surface area (Å²) >= 11 is 11.6. The summed E-state index contributed by atoms with van der Waals surface area (Å²) in [6, 6.07) is 5.46. The summed E-state index contributed by atoms with van der Waals surface area (Å²) in [5.74, 6) is 0. The number of anilines is 1. The lowest BCUT2D eigenvalue weighted by atomic mass is 10.3. The van der Waals surface area contributed by atoms with Gasteiger partial charge in [-0.2, -0.15) is 0 Å². The van der Waals surface area contributed by atoms with Crippen molar-refractivity contribution in [2.24, 2.45) is 0 Å². The van der Waals surface area contributed by atoms with Crippen LogP contribution in [0.2, 0.25) is 10.0 Å². The molecule has 0 radical (unpaired) electrons. The number of H-pyrrole nitrogens is 1. The normalized spacial score (nSPS) is 11.3. The maximum Gasteiger partial charge on any atom is 0.267 e. The third-order valence-electron chi connectivity index (χ3n) is 2.25. The van der Waals surface area contributed by atoms with Crippen molar-refractivity contribution in [3.05, 3.63) is 56.9 Å². The van der Waals surface area contributed by atoms with E-state index in [9.17, 15) is 13.2 Å². The van der Waals surface area contributed by atoms with Crippen LogP contribution in [0.3, 0.4) is 0 Å². The van der Waals surface area contributed by atoms with Crippen molar-refractivity contribution in [2.45, 2.75) is 4.90 Å². The summed E-state index contributed by atoms with van der Waals surface area (Å²) in [7, 11) is -4.02. The van der Waals surface area contributed by atoms with E-state index in [0.717, 1.165) is 12.3 Å². The molecule has 0 atom stereocenters. The number of sulfonamides is 1. The number of hydrogen-bond donors (Lipinski definition) is 2. The third-order valence-corrected chi connectivity index (χ3v) is 4.20. The first-order valence-electron chi connectivity index (χ1n) is 5.05. The van der Waals surface area contributed by atoms with Crippen LogP contribution in [-0.4, -0.2) is 13.4 Å². The number of rotatable bonds is 3. The second-order valence-corrected chi connectivity index (χ2v) is 6.10. The molecule has 0 saturated heterocycles. The lowest BCUT2D eigenvalue weighted by Gasteiger charge is -2.09. The maximum absolute atomic E-state index is 12.1. The fraction of sp³-hybridized carbons (Fsp3) is 0. The number of hydrogen-bond acceptors (Lipinski definition) is 3. The molecular formula is C11H8Cl2N2O3S. The summed E-state index contributed by atoms with van der Waals surface area (Å²) in [5, 5.41) is 0.504. The summed E-state index contributed by atoms with van der Waals surface area (Å²) in [6.45, 7) is 0. The molecule has 0 aliphatic rings. The van der Waals surface area contributed by atoms with Crippen molar-refractivity contribution in [1.29, 1.82) is 0 Å². The fourth-order valence-electron chi connectivity index (χ4n) is 1.39. The van der Waals surface area contributed by atoms with Crippen molar-refractivity contribution >= 4 is 38.9 Å². The molecule has 0 spiro atoms. The van der Waals surface area contributed by atoms with E-state index >= 15 is 0 Å². The Morgan fingerprint density at radius 2 is 1.89 bits per heavy atom. The number of benzene rings is 1. The van der Waals surface area contributed by atoms with Gasteiger partial charge in [-0.15, -0.1) is 0 Å². The molecular weight excluding hydrogens is 311 g/mol. The highest BCUT2D eigenvalue weighted by Crippen LogP contribution is 2.27. The molecule has 1 heterocycles. The Morgan fingerprint density at radius 1 is 1.16 bits per heavy atom. The first-order chi connectivity index (χ1) is 8.90. The van der Waals surface area contributed by atoms with Crippen molar-refractivity contribution in [2.75, 3.05) is 4.72 Å². The van der Waals surface area contributed by atoms with Gasteiger partial charge in [0.1, 0.15) is 0 Å². The minimum Gasteiger partial charge on any atom is -0.366 e. The highest BCUT2D eigenvalue weighted by molar-refractivity contribution is 7.92. The van der Waals surface area contributed by atoms with E-state index in [-0.39, 0.29) is 10.7 Å². The molecule has 8 heteroatoms. The molecule has 0 aliphatic carbocycles. The summed E-state index contributed by atoms with van der Waals surface area (Å²) < 4.78 is 26.3. The van der Waals surface area contributed by atoms with Crippen LogP contribution in [-0.2, 0) is 10.0 Å². The SMILES string of the molecule is O=c1cc[nH]cc1S(=O)(=O)Nc1cc(Cl)ccc1Cl. The van der Waals surface area contributed by atoms with E-state index in [4.69, 9.17) is 23.2 Å². The van der Waals surface area contributed by atoms with Crippen molar-refractivity contribution < 1.29 is 8.42 Å². The quantitative estimate of drug-likeness (QED) is 0.912. The fourth-order valence-corrected chi connectivity index (χ4v) is 2.90. The van der Waals surface area contributed by atoms with Gasteiger partial charge in [0, 0.05) is 23.5 Å². The molecule has 0 amide bonds. The van der Waals surface area contributed by atoms with Gasteiger partial charge in [0.15, 0.2) is 4.90 Å². The Hall–Kier alpha value is -1.50. The van der Waals surface area contributed by atoms with Gasteiger partial charge < -0.3 is 4.98 Å². The second-order valence-electron chi connectivity index (χ2n) is 3.60. The van der Waals surface area contributed by atoms with Crippen molar-refractivity contribution in [3.8, 4) is 0 Å². The molecule has 1 aromatic heterocycles. The average molecular weight is 319 g/mol. The molecule has 5 nitrogen and oxygen atoms in total. The molecule has 2 rings (SSSR count). The molecule has 1 aromatic carbocycles. The minimum atomic E-state index is -4.02. The molecule has 0 aliphatic heterocycles. The number of aromatic amines is 1. The number of nitrogens with one attached hydrogen (secondary N) is 2. The Balaban J connectivity index is 2.45. The van der Waals surface area contributed by atoms with Gasteiger partial charge in [0.05, 0.1) is 10.7 Å². The standard InChI is InChI=1S/C11H8Cl2N2O3S/c12-7-1-2-8(13)9(5-7)15-19(17,18)11-6-14-4-3-10(11)16/h1-6,15H,(H,14,16). The van der Waals surface area contributed by atoms with Crippen LogP contribution < -0.4 is 10.2 Å². The molecule has 0 saturated carbocycles. The Bertz CT molecular complexity index is 772. The predicted molar refractivity (Wildman–Crippen MR) is 74.3 cm³/mol. The minimum absolute atomic E-state index is 0.109. The summed E-state index contributed by atoms with van der Waals surface area (Å²) in [4.78, 5) is 13.7. The van der Waals surface area contributed by atoms with E-state index in [1.165, 1.54) is 24.4 Å². The van der Waals surface area contributed by atoms with Gasteiger partial charge in [-0.25, -0.2) is 8.42 Å². The molecule has 2 N–H and O–H groups in total. The van der Waals surface area contributed by atoms with Gasteiger partial charge in [-0.1, -0.05) is 23.2 Å². The first-order valence-corrected chi connectivity index (χ1v) is 7.29. The van der Waals surface area contributed by atoms with E-state index < -0.39 is 20.3 Å². The predicted octanol–water partition coefficient (Wildman–Crippen LogP) is 2.48. The summed E-state index contributed by atoms with van der Waals surface area (Å²) in [6.07, 6.45) is 2.44. The van der Waals surface area contributed by atoms with Crippen LogP contribution >= 0.6 is 23.2 Å². The molecule has 0 fully saturated rings. The lowest BCUT2D eigenvalue weighted by molar-refractivity contribution is 0.600. The third kappa shape index (κ3) is 3.09. The van der Waals surface area contributed by atoms with Gasteiger partial charge in [-0.05, 0) is 18.2 Å². The van der Waals surface area contributed by atoms with Gasteiger partial charge >= 0.3 is 0 Å². The van der Waals surface area contributed by atoms with E-state index in [0.29, 0.717) is 5.02 Å². The monoisotopic (exact) mass is 318 g/mol. The smallest absolute Gasteiger partial charge is 0.267 e. The second kappa shape index (κ2) is 5.24. The number of aromatic nitrogens is 1. The zero-order valence-corrected chi connectivity index (χ0v) is 11.7. The van der Waals surface area contributed by atoms with Crippen LogP contribution in [0, 0.1) is 0 Å². The Morgan fingerprint density at radius 3 is 2.58 bits per heavy atom. The molecule has 0 bridgehead atoms. The highest BCUT2D eigenvalue weighted by atomic mass is 35.5. The Labute approximate surface area is 119 Å². The number of pyridine rings is 1. The molecule has 2 aromatic rings. The van der Waals surface area contributed by atoms with Crippen LogP contribution in [0.25, 0.3) is 0 Å². The van der Waals surface area contributed by atoms with Gasteiger partial charge in [0.25, 0.3) is 10.0 Å². The molecule has 19 heavy (non-hydrogen) atoms.